The number of carbonyl (C=O) groups excluding carboxylic acids is 2. The van der Waals surface area contributed by atoms with Crippen molar-refractivity contribution in [3.05, 3.63) is 90.3 Å². The summed E-state index contributed by atoms with van der Waals surface area (Å²) in [6.45, 7) is 3.05. The molecule has 0 saturated heterocycles. The van der Waals surface area contributed by atoms with E-state index in [0.29, 0.717) is 30.8 Å². The number of hydrogen-bond donors (Lipinski definition) is 2. The summed E-state index contributed by atoms with van der Waals surface area (Å²) in [5.41, 5.74) is 3.00. The number of rotatable bonds is 9. The smallest absolute Gasteiger partial charge is 0.251 e. The average molecular weight is 443 g/mol. The van der Waals surface area contributed by atoms with Crippen molar-refractivity contribution in [2.24, 2.45) is 0 Å². The minimum absolute atomic E-state index is 0.121. The molecule has 0 aliphatic rings. The zero-order chi connectivity index (χ0) is 23.0. The van der Waals surface area contributed by atoms with Gasteiger partial charge < -0.3 is 19.9 Å². The van der Waals surface area contributed by atoms with Crippen molar-refractivity contribution >= 4 is 28.5 Å². The highest BCUT2D eigenvalue weighted by molar-refractivity contribution is 5.94. The quantitative estimate of drug-likeness (QED) is 0.410. The SMILES string of the molecule is CCOc1ccc(NC(=O)Cn2c(CCNC(=O)c3ccccc3)nc3ccccc32)cc1. The van der Waals surface area contributed by atoms with Crippen molar-refractivity contribution in [1.82, 2.24) is 14.9 Å². The predicted molar refractivity (Wildman–Crippen MR) is 128 cm³/mol. The van der Waals surface area contributed by atoms with Crippen molar-refractivity contribution < 1.29 is 14.3 Å². The van der Waals surface area contributed by atoms with Crippen LogP contribution < -0.4 is 15.4 Å². The summed E-state index contributed by atoms with van der Waals surface area (Å²) in [4.78, 5) is 29.8. The number of ether oxygens (including phenoxy) is 1. The molecule has 0 radical (unpaired) electrons. The summed E-state index contributed by atoms with van der Waals surface area (Å²) in [5.74, 6) is 1.21. The van der Waals surface area contributed by atoms with Crippen LogP contribution in [0, 0.1) is 0 Å². The summed E-state index contributed by atoms with van der Waals surface area (Å²) in [7, 11) is 0. The minimum atomic E-state index is -0.156. The van der Waals surface area contributed by atoms with E-state index in [1.54, 1.807) is 12.1 Å². The van der Waals surface area contributed by atoms with Crippen molar-refractivity contribution in [3.63, 3.8) is 0 Å². The number of para-hydroxylation sites is 2. The Morgan fingerprint density at radius 3 is 2.42 bits per heavy atom. The zero-order valence-corrected chi connectivity index (χ0v) is 18.5. The first-order valence-corrected chi connectivity index (χ1v) is 10.9. The van der Waals surface area contributed by atoms with E-state index in [2.05, 4.69) is 15.6 Å². The van der Waals surface area contributed by atoms with Gasteiger partial charge in [0, 0.05) is 24.2 Å². The number of hydrogen-bond acceptors (Lipinski definition) is 4. The molecule has 2 amide bonds. The van der Waals surface area contributed by atoms with Crippen LogP contribution in [0.2, 0.25) is 0 Å². The highest BCUT2D eigenvalue weighted by atomic mass is 16.5. The molecule has 4 aromatic rings. The fourth-order valence-corrected chi connectivity index (χ4v) is 3.62. The lowest BCUT2D eigenvalue weighted by atomic mass is 10.2. The summed E-state index contributed by atoms with van der Waals surface area (Å²) in [5, 5.41) is 5.85. The summed E-state index contributed by atoms with van der Waals surface area (Å²) in [6.07, 6.45) is 0.504. The maximum Gasteiger partial charge on any atom is 0.251 e. The standard InChI is InChI=1S/C26H26N4O3/c1-2-33-21-14-12-20(13-15-21)28-25(31)18-30-23-11-7-6-10-22(23)29-24(30)16-17-27-26(32)19-8-4-3-5-9-19/h3-15H,2,16-18H2,1H3,(H,27,32)(H,28,31). The van der Waals surface area contributed by atoms with Gasteiger partial charge in [0.05, 0.1) is 17.6 Å². The molecule has 0 aliphatic carbocycles. The first kappa shape index (κ1) is 22.1. The van der Waals surface area contributed by atoms with Crippen molar-refractivity contribution in [2.75, 3.05) is 18.5 Å². The lowest BCUT2D eigenvalue weighted by molar-refractivity contribution is -0.116. The molecule has 0 spiro atoms. The van der Waals surface area contributed by atoms with Gasteiger partial charge in [0.1, 0.15) is 18.1 Å². The third kappa shape index (κ3) is 5.57. The molecule has 3 aromatic carbocycles. The van der Waals surface area contributed by atoms with E-state index in [0.717, 1.165) is 22.6 Å². The number of aromatic nitrogens is 2. The molecule has 7 heteroatoms. The number of amides is 2. The van der Waals surface area contributed by atoms with E-state index >= 15 is 0 Å². The molecule has 168 valence electrons. The lowest BCUT2D eigenvalue weighted by Gasteiger charge is -2.11. The van der Waals surface area contributed by atoms with Crippen LogP contribution in [0.15, 0.2) is 78.9 Å². The number of fused-ring (bicyclic) bond motifs is 1. The van der Waals surface area contributed by atoms with E-state index in [4.69, 9.17) is 4.74 Å². The monoisotopic (exact) mass is 442 g/mol. The average Bonchev–Trinajstić information content (AvgIpc) is 3.18. The molecular weight excluding hydrogens is 416 g/mol. The lowest BCUT2D eigenvalue weighted by Crippen LogP contribution is -2.27. The van der Waals surface area contributed by atoms with Crippen molar-refractivity contribution in [3.8, 4) is 5.75 Å². The van der Waals surface area contributed by atoms with Gasteiger partial charge in [-0.3, -0.25) is 9.59 Å². The van der Waals surface area contributed by atoms with Gasteiger partial charge in [-0.1, -0.05) is 30.3 Å². The fourth-order valence-electron chi connectivity index (χ4n) is 3.62. The van der Waals surface area contributed by atoms with Gasteiger partial charge in [0.2, 0.25) is 5.91 Å². The number of nitrogens with zero attached hydrogens (tertiary/aromatic N) is 2. The molecule has 33 heavy (non-hydrogen) atoms. The van der Waals surface area contributed by atoms with Gasteiger partial charge in [-0.2, -0.15) is 0 Å². The van der Waals surface area contributed by atoms with Gasteiger partial charge in [-0.15, -0.1) is 0 Å². The topological polar surface area (TPSA) is 85.2 Å². The number of carbonyl (C=O) groups is 2. The molecule has 0 bridgehead atoms. The highest BCUT2D eigenvalue weighted by Crippen LogP contribution is 2.18. The van der Waals surface area contributed by atoms with Gasteiger partial charge in [0.15, 0.2) is 0 Å². The largest absolute Gasteiger partial charge is 0.494 e. The van der Waals surface area contributed by atoms with Gasteiger partial charge in [0.25, 0.3) is 5.91 Å². The Morgan fingerprint density at radius 2 is 1.67 bits per heavy atom. The Kier molecular flexibility index (Phi) is 6.99. The van der Waals surface area contributed by atoms with Crippen LogP contribution in [-0.2, 0) is 17.8 Å². The number of benzene rings is 3. The Balaban J connectivity index is 1.44. The third-order valence-electron chi connectivity index (χ3n) is 5.15. The van der Waals surface area contributed by atoms with Crippen molar-refractivity contribution in [1.29, 1.82) is 0 Å². The van der Waals surface area contributed by atoms with Gasteiger partial charge in [-0.25, -0.2) is 4.98 Å². The molecular formula is C26H26N4O3. The molecule has 0 atom stereocenters. The third-order valence-corrected chi connectivity index (χ3v) is 5.15. The minimum Gasteiger partial charge on any atom is -0.494 e. The summed E-state index contributed by atoms with van der Waals surface area (Å²) >= 11 is 0. The molecule has 2 N–H and O–H groups in total. The molecule has 0 unspecified atom stereocenters. The van der Waals surface area contributed by atoms with E-state index < -0.39 is 0 Å². The Labute approximate surface area is 192 Å². The number of anilines is 1. The number of imidazole rings is 1. The molecule has 7 nitrogen and oxygen atoms in total. The molecule has 0 aliphatic heterocycles. The van der Waals surface area contributed by atoms with E-state index in [1.165, 1.54) is 0 Å². The second-order valence-electron chi connectivity index (χ2n) is 7.48. The Morgan fingerprint density at radius 1 is 0.939 bits per heavy atom. The van der Waals surface area contributed by atoms with Gasteiger partial charge >= 0.3 is 0 Å². The van der Waals surface area contributed by atoms with E-state index in [9.17, 15) is 9.59 Å². The van der Waals surface area contributed by atoms with Crippen molar-refractivity contribution in [2.45, 2.75) is 19.9 Å². The predicted octanol–water partition coefficient (Wildman–Crippen LogP) is 4.05. The normalized spacial score (nSPS) is 10.7. The van der Waals surface area contributed by atoms with Crippen LogP contribution in [0.25, 0.3) is 11.0 Å². The number of nitrogens with one attached hydrogen (secondary N) is 2. The van der Waals surface area contributed by atoms with Crippen LogP contribution in [0.5, 0.6) is 5.75 Å². The van der Waals surface area contributed by atoms with E-state index in [1.807, 2.05) is 78.2 Å². The summed E-state index contributed by atoms with van der Waals surface area (Å²) in [6, 6.07) is 24.1. The fraction of sp³-hybridized carbons (Fsp3) is 0.192. The molecule has 0 fully saturated rings. The second kappa shape index (κ2) is 10.5. The first-order chi connectivity index (χ1) is 16.1. The van der Waals surface area contributed by atoms with E-state index in [-0.39, 0.29) is 18.4 Å². The van der Waals surface area contributed by atoms with Crippen LogP contribution in [-0.4, -0.2) is 34.5 Å². The maximum atomic E-state index is 12.8. The van der Waals surface area contributed by atoms with Crippen LogP contribution in [0.1, 0.15) is 23.1 Å². The maximum absolute atomic E-state index is 12.8. The van der Waals surface area contributed by atoms with Crippen LogP contribution in [0.3, 0.4) is 0 Å². The molecule has 1 aromatic heterocycles. The van der Waals surface area contributed by atoms with Crippen LogP contribution in [0.4, 0.5) is 5.69 Å². The highest BCUT2D eigenvalue weighted by Gasteiger charge is 2.14. The first-order valence-electron chi connectivity index (χ1n) is 10.9. The van der Waals surface area contributed by atoms with Crippen LogP contribution >= 0.6 is 0 Å². The Hall–Kier alpha value is -4.13. The second-order valence-corrected chi connectivity index (χ2v) is 7.48. The zero-order valence-electron chi connectivity index (χ0n) is 18.5. The molecule has 4 rings (SSSR count). The molecule has 0 saturated carbocycles. The Bertz CT molecular complexity index is 1230. The summed E-state index contributed by atoms with van der Waals surface area (Å²) < 4.78 is 7.34. The molecule has 1 heterocycles. The van der Waals surface area contributed by atoms with Gasteiger partial charge in [-0.05, 0) is 55.5 Å².